The van der Waals surface area contributed by atoms with Gasteiger partial charge in [0.05, 0.1) is 6.04 Å². The molecule has 0 bridgehead atoms. The van der Waals surface area contributed by atoms with E-state index < -0.39 is 23.9 Å². The quantitative estimate of drug-likeness (QED) is 0.209. The molecule has 46 heavy (non-hydrogen) atoms. The van der Waals surface area contributed by atoms with E-state index in [2.05, 4.69) is 15.4 Å². The highest BCUT2D eigenvalue weighted by molar-refractivity contribution is 5.76. The molecule has 2 atom stereocenters. The minimum absolute atomic E-state index is 0.0301. The van der Waals surface area contributed by atoms with Crippen molar-refractivity contribution >= 4 is 18.5 Å². The summed E-state index contributed by atoms with van der Waals surface area (Å²) in [7, 11) is 1.56. The largest absolute Gasteiger partial charge is 0.573 e. The number of hydrogen-bond acceptors (Lipinski definition) is 5. The highest BCUT2D eigenvalue weighted by atomic mass is 19.4. The van der Waals surface area contributed by atoms with Crippen LogP contribution in [0.1, 0.15) is 60.9 Å². The lowest BCUT2D eigenvalue weighted by Gasteiger charge is -2.26. The summed E-state index contributed by atoms with van der Waals surface area (Å²) >= 11 is 0. The predicted molar refractivity (Wildman–Crippen MR) is 167 cm³/mol. The second kappa shape index (κ2) is 18.0. The first-order valence-electron chi connectivity index (χ1n) is 14.9. The summed E-state index contributed by atoms with van der Waals surface area (Å²) in [5, 5.41) is 5.48. The molecule has 1 aromatic heterocycles. The molecule has 8 nitrogen and oxygen atoms in total. The Bertz CT molecular complexity index is 1450. The molecule has 0 aliphatic carbocycles. The third-order valence-corrected chi connectivity index (χ3v) is 7.38. The van der Waals surface area contributed by atoms with Crippen molar-refractivity contribution in [3.63, 3.8) is 0 Å². The molecule has 13 heteroatoms. The SMILES string of the molecule is CCc1cc(F)c(C(CC)CN(C=O)c2c(C)ccn(C3CCNC3)c2=O)c(F)c1.CNC=O.Cc1ccc(OC(F)(F)F)cc1. The monoisotopic (exact) mass is 652 g/mol. The third-order valence-electron chi connectivity index (χ3n) is 7.38. The van der Waals surface area contributed by atoms with E-state index in [1.165, 1.54) is 29.2 Å². The summed E-state index contributed by atoms with van der Waals surface area (Å²) < 4.78 is 69.6. The number of aryl methyl sites for hydroxylation is 3. The smallest absolute Gasteiger partial charge is 0.406 e. The van der Waals surface area contributed by atoms with E-state index in [4.69, 9.17) is 4.79 Å². The van der Waals surface area contributed by atoms with Gasteiger partial charge in [0.1, 0.15) is 23.1 Å². The number of pyridine rings is 1. The fraction of sp³-hybridized carbons (Fsp3) is 0.424. The number of ether oxygens (including phenoxy) is 1. The van der Waals surface area contributed by atoms with Gasteiger partial charge >= 0.3 is 6.36 Å². The predicted octanol–water partition coefficient (Wildman–Crippen LogP) is 5.94. The fourth-order valence-electron chi connectivity index (χ4n) is 4.96. The van der Waals surface area contributed by atoms with E-state index in [0.717, 1.165) is 18.5 Å². The van der Waals surface area contributed by atoms with Crippen LogP contribution >= 0.6 is 0 Å². The van der Waals surface area contributed by atoms with Crippen LogP contribution in [0.25, 0.3) is 0 Å². The van der Waals surface area contributed by atoms with Crippen LogP contribution in [0.2, 0.25) is 0 Å². The number of benzene rings is 2. The molecule has 2 aromatic carbocycles. The number of halogens is 5. The molecule has 4 rings (SSSR count). The van der Waals surface area contributed by atoms with E-state index in [1.54, 1.807) is 43.8 Å². The molecule has 2 heterocycles. The van der Waals surface area contributed by atoms with Gasteiger partial charge in [0.2, 0.25) is 12.8 Å². The summed E-state index contributed by atoms with van der Waals surface area (Å²) in [4.78, 5) is 35.5. The van der Waals surface area contributed by atoms with Gasteiger partial charge in [-0.1, -0.05) is 31.5 Å². The Balaban J connectivity index is 0.000000380. The minimum atomic E-state index is -4.60. The Labute approximate surface area is 265 Å². The second-order valence-electron chi connectivity index (χ2n) is 10.7. The Morgan fingerprint density at radius 3 is 2.15 bits per heavy atom. The Morgan fingerprint density at radius 1 is 1.09 bits per heavy atom. The molecule has 1 aliphatic heterocycles. The molecule has 1 saturated heterocycles. The summed E-state index contributed by atoms with van der Waals surface area (Å²) in [5.74, 6) is -1.97. The fourth-order valence-corrected chi connectivity index (χ4v) is 4.96. The molecular weight excluding hydrogens is 611 g/mol. The summed E-state index contributed by atoms with van der Waals surface area (Å²) in [5.41, 5.74) is 2.12. The number of nitrogens with zero attached hydrogens (tertiary/aromatic N) is 2. The zero-order valence-corrected chi connectivity index (χ0v) is 26.6. The van der Waals surface area contributed by atoms with Crippen LogP contribution < -0.4 is 25.8 Å². The number of amides is 2. The standard InChI is InChI=1S/C23H29F2N3O2.C8H7F3O.C2H5NO/c1-4-16-10-19(24)21(20(25)11-16)17(5-2)13-27(14-29)22-15(3)7-9-28(23(22)30)18-6-8-26-12-18;1-6-2-4-7(5-3-6)12-8(9,10)11;1-3-2-4/h7,9-11,14,17-18,26H,4-6,8,12-13H2,1-3H3;2-5H,1H3;2H,1H3,(H,3,4). The van der Waals surface area contributed by atoms with Gasteiger partial charge < -0.3 is 24.8 Å². The van der Waals surface area contributed by atoms with Gasteiger partial charge in [-0.05, 0) is 81.1 Å². The van der Waals surface area contributed by atoms with Gasteiger partial charge in [-0.3, -0.25) is 14.4 Å². The Kier molecular flexibility index (Phi) is 14.9. The van der Waals surface area contributed by atoms with Gasteiger partial charge in [0.25, 0.3) is 5.56 Å². The first kappa shape index (κ1) is 37.9. The molecule has 0 radical (unpaired) electrons. The molecular formula is C33H41F5N4O4. The van der Waals surface area contributed by atoms with E-state index in [9.17, 15) is 31.5 Å². The van der Waals surface area contributed by atoms with E-state index in [-0.39, 0.29) is 35.1 Å². The Hall–Kier alpha value is -4.26. The van der Waals surface area contributed by atoms with Crippen LogP contribution in [-0.4, -0.2) is 50.4 Å². The lowest BCUT2D eigenvalue weighted by Crippen LogP contribution is -2.36. The maximum Gasteiger partial charge on any atom is 0.573 e. The number of nitrogens with one attached hydrogen (secondary N) is 2. The average molecular weight is 653 g/mol. The number of alkyl halides is 3. The van der Waals surface area contributed by atoms with Crippen LogP contribution in [0, 0.1) is 25.5 Å². The van der Waals surface area contributed by atoms with Crippen molar-refractivity contribution in [3.05, 3.63) is 92.9 Å². The van der Waals surface area contributed by atoms with Crippen LogP contribution in [-0.2, 0) is 16.0 Å². The van der Waals surface area contributed by atoms with Crippen LogP contribution in [0.3, 0.4) is 0 Å². The normalized spacial score (nSPS) is 14.6. The lowest BCUT2D eigenvalue weighted by molar-refractivity contribution is -0.274. The lowest BCUT2D eigenvalue weighted by atomic mass is 9.93. The van der Waals surface area contributed by atoms with Crippen molar-refractivity contribution in [1.29, 1.82) is 0 Å². The Morgan fingerprint density at radius 2 is 1.70 bits per heavy atom. The zero-order chi connectivity index (χ0) is 34.4. The van der Waals surface area contributed by atoms with E-state index >= 15 is 0 Å². The average Bonchev–Trinajstić information content (AvgIpc) is 3.55. The highest BCUT2D eigenvalue weighted by Gasteiger charge is 2.31. The first-order valence-corrected chi connectivity index (χ1v) is 14.9. The number of rotatable bonds is 10. The highest BCUT2D eigenvalue weighted by Crippen LogP contribution is 2.29. The number of carbonyl (C=O) groups is 2. The van der Waals surface area contributed by atoms with Gasteiger partial charge in [0.15, 0.2) is 0 Å². The summed E-state index contributed by atoms with van der Waals surface area (Å²) in [6.07, 6.45) is 0.152. The van der Waals surface area contributed by atoms with E-state index in [0.29, 0.717) is 43.3 Å². The molecule has 2 N–H and O–H groups in total. The molecule has 0 spiro atoms. The summed E-state index contributed by atoms with van der Waals surface area (Å²) in [6.45, 7) is 8.77. The zero-order valence-electron chi connectivity index (χ0n) is 26.6. The maximum atomic E-state index is 14.7. The van der Waals surface area contributed by atoms with Crippen molar-refractivity contribution in [2.45, 2.75) is 65.3 Å². The molecule has 3 aromatic rings. The van der Waals surface area contributed by atoms with Gasteiger partial charge in [0, 0.05) is 37.8 Å². The van der Waals surface area contributed by atoms with Crippen molar-refractivity contribution in [1.82, 2.24) is 15.2 Å². The number of hydrogen-bond donors (Lipinski definition) is 2. The van der Waals surface area contributed by atoms with Crippen LogP contribution in [0.4, 0.5) is 27.6 Å². The molecule has 2 amide bonds. The van der Waals surface area contributed by atoms with Gasteiger partial charge in [-0.25, -0.2) is 8.78 Å². The van der Waals surface area contributed by atoms with E-state index in [1.807, 2.05) is 19.9 Å². The van der Waals surface area contributed by atoms with Gasteiger partial charge in [-0.15, -0.1) is 13.2 Å². The molecule has 1 aliphatic rings. The second-order valence-corrected chi connectivity index (χ2v) is 10.7. The van der Waals surface area contributed by atoms with Crippen LogP contribution in [0.5, 0.6) is 5.75 Å². The number of anilines is 1. The van der Waals surface area contributed by atoms with Gasteiger partial charge in [-0.2, -0.15) is 0 Å². The minimum Gasteiger partial charge on any atom is -0.406 e. The summed E-state index contributed by atoms with van der Waals surface area (Å²) in [6, 6.07) is 10.2. The van der Waals surface area contributed by atoms with Crippen molar-refractivity contribution in [3.8, 4) is 5.75 Å². The van der Waals surface area contributed by atoms with Crippen LogP contribution in [0.15, 0.2) is 53.5 Å². The number of aromatic nitrogens is 1. The van der Waals surface area contributed by atoms with Crippen molar-refractivity contribution in [2.75, 3.05) is 31.6 Å². The molecule has 252 valence electrons. The maximum absolute atomic E-state index is 14.7. The number of carbonyl (C=O) groups excluding carboxylic acids is 2. The topological polar surface area (TPSA) is 92.7 Å². The van der Waals surface area contributed by atoms with Crippen molar-refractivity contribution < 1.29 is 36.3 Å². The molecule has 2 unspecified atom stereocenters. The molecule has 1 fully saturated rings. The third kappa shape index (κ3) is 11.0. The van der Waals surface area contributed by atoms with Crippen molar-refractivity contribution in [2.24, 2.45) is 0 Å². The molecule has 0 saturated carbocycles. The first-order chi connectivity index (χ1) is 21.8.